The summed E-state index contributed by atoms with van der Waals surface area (Å²) in [5.41, 5.74) is 2.86. The summed E-state index contributed by atoms with van der Waals surface area (Å²) in [5.74, 6) is -0.514. The first-order chi connectivity index (χ1) is 14.5. The van der Waals surface area contributed by atoms with Crippen LogP contribution in [-0.2, 0) is 0 Å². The highest BCUT2D eigenvalue weighted by atomic mass is 32.1. The average Bonchev–Trinajstić information content (AvgIpc) is 3.37. The molecule has 2 unspecified atom stereocenters. The number of likely N-dealkylation sites (tertiary alicyclic amines) is 1. The predicted octanol–water partition coefficient (Wildman–Crippen LogP) is 6.52. The molecule has 1 fully saturated rings. The molecule has 30 heavy (non-hydrogen) atoms. The number of benzene rings is 1. The fourth-order valence-electron chi connectivity index (χ4n) is 4.44. The van der Waals surface area contributed by atoms with Crippen molar-refractivity contribution < 1.29 is 8.78 Å². The molecule has 0 saturated carbocycles. The lowest BCUT2D eigenvalue weighted by Gasteiger charge is -2.38. The van der Waals surface area contributed by atoms with Crippen molar-refractivity contribution in [2.75, 3.05) is 18.4 Å². The molecular formula is C22H22F2N4S2. The Morgan fingerprint density at radius 2 is 2.07 bits per heavy atom. The van der Waals surface area contributed by atoms with Crippen LogP contribution in [0.25, 0.3) is 20.4 Å². The van der Waals surface area contributed by atoms with Crippen LogP contribution in [0.2, 0.25) is 0 Å². The molecule has 1 saturated heterocycles. The second-order valence-corrected chi connectivity index (χ2v) is 9.69. The number of anilines is 2. The van der Waals surface area contributed by atoms with Gasteiger partial charge in [0.05, 0.1) is 33.3 Å². The predicted molar refractivity (Wildman–Crippen MR) is 121 cm³/mol. The van der Waals surface area contributed by atoms with E-state index >= 15 is 0 Å². The van der Waals surface area contributed by atoms with Crippen molar-refractivity contribution >= 4 is 54.5 Å². The Morgan fingerprint density at radius 3 is 2.90 bits per heavy atom. The maximum atomic E-state index is 14.8. The third-order valence-electron chi connectivity index (χ3n) is 6.10. The first kappa shape index (κ1) is 19.8. The molecule has 1 N–H and O–H groups in total. The van der Waals surface area contributed by atoms with Gasteiger partial charge in [-0.1, -0.05) is 6.92 Å². The van der Waals surface area contributed by atoms with Gasteiger partial charge in [-0.15, -0.1) is 22.7 Å². The zero-order chi connectivity index (χ0) is 20.8. The van der Waals surface area contributed by atoms with E-state index in [1.54, 1.807) is 22.9 Å². The minimum absolute atomic E-state index is 0.218. The third-order valence-corrected chi connectivity index (χ3v) is 8.07. The summed E-state index contributed by atoms with van der Waals surface area (Å²) in [4.78, 5) is 13.0. The molecule has 0 spiro atoms. The van der Waals surface area contributed by atoms with Gasteiger partial charge in [0.1, 0.15) is 10.6 Å². The Labute approximate surface area is 181 Å². The molecule has 3 aromatic heterocycles. The molecule has 0 bridgehead atoms. The fraction of sp³-hybridized carbons (Fsp3) is 0.364. The monoisotopic (exact) mass is 444 g/mol. The lowest BCUT2D eigenvalue weighted by Crippen LogP contribution is -2.41. The molecule has 8 heteroatoms. The number of nitrogens with zero attached hydrogens (tertiary/aromatic N) is 3. The molecule has 1 aliphatic heterocycles. The third kappa shape index (κ3) is 3.36. The Bertz CT molecular complexity index is 1220. The van der Waals surface area contributed by atoms with Crippen molar-refractivity contribution in [3.63, 3.8) is 0 Å². The summed E-state index contributed by atoms with van der Waals surface area (Å²) >= 11 is 2.99. The summed E-state index contributed by atoms with van der Waals surface area (Å²) in [7, 11) is 0. The first-order valence-electron chi connectivity index (χ1n) is 10.2. The van der Waals surface area contributed by atoms with Gasteiger partial charge in [-0.05, 0) is 51.1 Å². The lowest BCUT2D eigenvalue weighted by molar-refractivity contribution is 0.148. The maximum absolute atomic E-state index is 14.8. The van der Waals surface area contributed by atoms with Gasteiger partial charge in [-0.3, -0.25) is 0 Å². The number of halogens is 2. The number of piperidine rings is 1. The van der Waals surface area contributed by atoms with Crippen molar-refractivity contribution in [1.29, 1.82) is 0 Å². The van der Waals surface area contributed by atoms with Crippen LogP contribution in [0, 0.1) is 11.6 Å². The highest BCUT2D eigenvalue weighted by molar-refractivity contribution is 7.18. The van der Waals surface area contributed by atoms with Crippen molar-refractivity contribution in [2.24, 2.45) is 0 Å². The number of rotatable bonds is 4. The maximum Gasteiger partial charge on any atom is 0.165 e. The first-order valence-corrected chi connectivity index (χ1v) is 11.9. The van der Waals surface area contributed by atoms with Crippen LogP contribution in [0.1, 0.15) is 37.5 Å². The molecule has 5 rings (SSSR count). The highest BCUT2D eigenvalue weighted by Crippen LogP contribution is 2.41. The van der Waals surface area contributed by atoms with E-state index in [2.05, 4.69) is 34.0 Å². The zero-order valence-electron chi connectivity index (χ0n) is 16.8. The molecule has 4 nitrogen and oxygen atoms in total. The van der Waals surface area contributed by atoms with Crippen LogP contribution in [0.15, 0.2) is 29.9 Å². The van der Waals surface area contributed by atoms with Crippen LogP contribution in [-0.4, -0.2) is 34.0 Å². The van der Waals surface area contributed by atoms with Gasteiger partial charge in [-0.2, -0.15) is 0 Å². The Balaban J connectivity index is 1.55. The van der Waals surface area contributed by atoms with E-state index in [1.807, 2.05) is 6.07 Å². The normalized spacial score (nSPS) is 20.3. The van der Waals surface area contributed by atoms with Crippen LogP contribution < -0.4 is 5.32 Å². The van der Waals surface area contributed by atoms with Crippen molar-refractivity contribution in [3.05, 3.63) is 46.4 Å². The van der Waals surface area contributed by atoms with E-state index in [0.29, 0.717) is 22.9 Å². The van der Waals surface area contributed by atoms with Gasteiger partial charge >= 0.3 is 0 Å². The van der Waals surface area contributed by atoms with Crippen molar-refractivity contribution in [2.45, 2.75) is 38.6 Å². The summed E-state index contributed by atoms with van der Waals surface area (Å²) in [6.45, 7) is 6.61. The number of pyridine rings is 1. The van der Waals surface area contributed by atoms with Gasteiger partial charge in [0, 0.05) is 22.2 Å². The SMILES string of the molecule is CCN1CCCC(c2cc3c(Nc4cc5ncsc5cc4F)c(F)cnc3s2)C1C. The molecule has 0 aliphatic carbocycles. The minimum Gasteiger partial charge on any atom is -0.350 e. The van der Waals surface area contributed by atoms with E-state index < -0.39 is 11.6 Å². The van der Waals surface area contributed by atoms with Gasteiger partial charge in [0.25, 0.3) is 0 Å². The van der Waals surface area contributed by atoms with E-state index in [-0.39, 0.29) is 11.4 Å². The minimum atomic E-state index is -0.489. The number of aromatic nitrogens is 2. The molecule has 156 valence electrons. The van der Waals surface area contributed by atoms with Crippen LogP contribution in [0.3, 0.4) is 0 Å². The second-order valence-electron chi connectivity index (χ2n) is 7.74. The quantitative estimate of drug-likeness (QED) is 0.389. The second kappa shape index (κ2) is 7.83. The van der Waals surface area contributed by atoms with Crippen LogP contribution in [0.5, 0.6) is 0 Å². The molecule has 2 atom stereocenters. The van der Waals surface area contributed by atoms with Gasteiger partial charge in [-0.25, -0.2) is 18.7 Å². The van der Waals surface area contributed by atoms with E-state index in [9.17, 15) is 8.78 Å². The number of likely N-dealkylation sites (N-methyl/N-ethyl adjacent to an activating group) is 1. The smallest absolute Gasteiger partial charge is 0.165 e. The summed E-state index contributed by atoms with van der Waals surface area (Å²) in [6, 6.07) is 5.54. The number of hydrogen-bond donors (Lipinski definition) is 1. The Kier molecular flexibility index (Phi) is 5.16. The number of nitrogens with one attached hydrogen (secondary N) is 1. The topological polar surface area (TPSA) is 41.0 Å². The average molecular weight is 445 g/mol. The number of fused-ring (bicyclic) bond motifs is 2. The van der Waals surface area contributed by atoms with Crippen LogP contribution in [0.4, 0.5) is 20.2 Å². The van der Waals surface area contributed by atoms with Gasteiger partial charge in [0.15, 0.2) is 5.82 Å². The number of hydrogen-bond acceptors (Lipinski definition) is 6. The molecule has 0 radical (unpaired) electrons. The van der Waals surface area contributed by atoms with Gasteiger partial charge < -0.3 is 10.2 Å². The molecule has 1 aliphatic rings. The standard InChI is InChI=1S/C22H22F2N4S2/c1-3-28-6-4-5-13(12(28)2)19-7-14-21(16(24)10-25-22(14)30-19)27-17-9-18-20(8-15(17)23)29-11-26-18/h7-13H,3-6H2,1-2H3,(H,25,27). The summed E-state index contributed by atoms with van der Waals surface area (Å²) in [5, 5.41) is 3.69. The fourth-order valence-corrected chi connectivity index (χ4v) is 6.37. The van der Waals surface area contributed by atoms with Crippen molar-refractivity contribution in [1.82, 2.24) is 14.9 Å². The van der Waals surface area contributed by atoms with E-state index in [1.165, 1.54) is 28.5 Å². The zero-order valence-corrected chi connectivity index (χ0v) is 18.4. The Morgan fingerprint density at radius 1 is 1.20 bits per heavy atom. The number of thiazole rings is 1. The van der Waals surface area contributed by atoms with E-state index in [4.69, 9.17) is 0 Å². The summed E-state index contributed by atoms with van der Waals surface area (Å²) in [6.07, 6.45) is 3.49. The number of thiophene rings is 1. The van der Waals surface area contributed by atoms with Gasteiger partial charge in [0.2, 0.25) is 0 Å². The molecule has 1 aromatic carbocycles. The lowest BCUT2D eigenvalue weighted by atomic mass is 9.89. The van der Waals surface area contributed by atoms with Crippen LogP contribution >= 0.6 is 22.7 Å². The summed E-state index contributed by atoms with van der Waals surface area (Å²) < 4.78 is 30.2. The Hall–Kier alpha value is -2.16. The molecule has 0 amide bonds. The van der Waals surface area contributed by atoms with Crippen molar-refractivity contribution in [3.8, 4) is 0 Å². The molecule has 4 heterocycles. The molecule has 4 aromatic rings. The van der Waals surface area contributed by atoms with E-state index in [0.717, 1.165) is 35.5 Å². The highest BCUT2D eigenvalue weighted by Gasteiger charge is 2.30. The largest absolute Gasteiger partial charge is 0.350 e. The molecular weight excluding hydrogens is 422 g/mol.